The third-order valence-electron chi connectivity index (χ3n) is 3.03. The van der Waals surface area contributed by atoms with Crippen LogP contribution in [0.25, 0.3) is 0 Å². The van der Waals surface area contributed by atoms with Crippen LogP contribution in [0.4, 0.5) is 13.6 Å². The van der Waals surface area contributed by atoms with Crippen molar-refractivity contribution in [3.63, 3.8) is 0 Å². The van der Waals surface area contributed by atoms with Crippen molar-refractivity contribution in [1.82, 2.24) is 5.32 Å². The van der Waals surface area contributed by atoms with E-state index in [0.717, 1.165) is 13.8 Å². The second kappa shape index (κ2) is 5.98. The van der Waals surface area contributed by atoms with Gasteiger partial charge in [0.05, 0.1) is 12.7 Å². The first-order valence-electron chi connectivity index (χ1n) is 6.01. The fourth-order valence-corrected chi connectivity index (χ4v) is 1.63. The molecule has 1 saturated heterocycles. The Morgan fingerprint density at radius 2 is 2.25 bits per heavy atom. The molecule has 7 nitrogen and oxygen atoms in total. The highest BCUT2D eigenvalue weighted by atomic mass is 19.1. The van der Waals surface area contributed by atoms with Crippen molar-refractivity contribution in [2.45, 2.75) is 43.9 Å². The summed E-state index contributed by atoms with van der Waals surface area (Å²) in [5, 5.41) is 20.9. The number of carbonyl (C=O) groups excluding carboxylic acids is 1. The number of halogens is 2. The summed E-state index contributed by atoms with van der Waals surface area (Å²) >= 11 is 0. The molecule has 0 aromatic heterocycles. The Bertz CT molecular complexity index is 394. The fourth-order valence-electron chi connectivity index (χ4n) is 1.63. The van der Waals surface area contributed by atoms with E-state index in [4.69, 9.17) is 15.6 Å². The lowest BCUT2D eigenvalue weighted by molar-refractivity contribution is -0.124. The van der Waals surface area contributed by atoms with Crippen molar-refractivity contribution < 1.29 is 28.5 Å². The van der Waals surface area contributed by atoms with Gasteiger partial charge in [0.15, 0.2) is 5.67 Å². The van der Waals surface area contributed by atoms with E-state index >= 15 is 0 Å². The number of alkyl halides is 2. The largest absolute Gasteiger partial charge is 0.393 e. The Labute approximate surface area is 114 Å². The first-order chi connectivity index (χ1) is 9.14. The number of amidine groups is 1. The van der Waals surface area contributed by atoms with Gasteiger partial charge in [-0.15, -0.1) is 0 Å². The Hall–Kier alpha value is -1.32. The summed E-state index contributed by atoms with van der Waals surface area (Å²) in [6.07, 6.45) is -2.44. The fraction of sp³-hybridized carbons (Fsp3) is 0.818. The molecule has 1 aliphatic rings. The number of nitrogens with two attached hydrogens (primary N) is 1. The molecule has 1 aliphatic heterocycles. The maximum Gasteiger partial charge on any atom is 0.344 e. The number of aliphatic imine (C=N–C) groups is 1. The van der Waals surface area contributed by atoms with E-state index in [9.17, 15) is 18.7 Å². The molecule has 0 aliphatic carbocycles. The second-order valence-corrected chi connectivity index (χ2v) is 5.13. The van der Waals surface area contributed by atoms with Gasteiger partial charge in [0.25, 0.3) is 0 Å². The van der Waals surface area contributed by atoms with Crippen LogP contribution in [0.15, 0.2) is 4.99 Å². The number of nitrogens with zero attached hydrogens (tertiary/aromatic N) is 1. The minimum absolute atomic E-state index is 0.120. The molecular weight excluding hydrogens is 276 g/mol. The van der Waals surface area contributed by atoms with Crippen LogP contribution in [-0.2, 0) is 4.74 Å². The average Bonchev–Trinajstić information content (AvgIpc) is 2.64. The Kier molecular flexibility index (Phi) is 5.00. The minimum Gasteiger partial charge on any atom is -0.393 e. The maximum atomic E-state index is 13.4. The van der Waals surface area contributed by atoms with Gasteiger partial charge < -0.3 is 26.0 Å². The zero-order valence-corrected chi connectivity index (χ0v) is 11.3. The van der Waals surface area contributed by atoms with Crippen molar-refractivity contribution in [2.24, 2.45) is 10.7 Å². The number of urea groups is 1. The number of hydrogen-bond acceptors (Lipinski definition) is 4. The molecule has 1 rings (SSSR count). The molecule has 0 aromatic rings. The van der Waals surface area contributed by atoms with Crippen LogP contribution in [0.1, 0.15) is 20.3 Å². The van der Waals surface area contributed by atoms with Gasteiger partial charge in [0.2, 0.25) is 0 Å². The van der Waals surface area contributed by atoms with Crippen LogP contribution in [0.5, 0.6) is 0 Å². The van der Waals surface area contributed by atoms with Gasteiger partial charge in [-0.2, -0.15) is 4.99 Å². The summed E-state index contributed by atoms with van der Waals surface area (Å²) in [5.74, 6) is -0.521. The molecule has 0 saturated carbocycles. The third kappa shape index (κ3) is 3.62. The van der Waals surface area contributed by atoms with Gasteiger partial charge in [0, 0.05) is 6.42 Å². The van der Waals surface area contributed by atoms with E-state index in [1.165, 1.54) is 0 Å². The summed E-state index contributed by atoms with van der Waals surface area (Å²) in [6, 6.07) is -0.974. The Morgan fingerprint density at radius 1 is 1.65 bits per heavy atom. The summed E-state index contributed by atoms with van der Waals surface area (Å²) in [7, 11) is 0. The summed E-state index contributed by atoms with van der Waals surface area (Å²) in [4.78, 5) is 14.8. The van der Waals surface area contributed by atoms with Crippen LogP contribution in [0.2, 0.25) is 0 Å². The van der Waals surface area contributed by atoms with Gasteiger partial charge >= 0.3 is 6.03 Å². The number of carbonyl (C=O) groups is 1. The zero-order valence-electron chi connectivity index (χ0n) is 11.3. The number of amides is 2. The number of nitrogens with one attached hydrogen (secondary N) is 1. The van der Waals surface area contributed by atoms with Crippen LogP contribution >= 0.6 is 0 Å². The highest BCUT2D eigenvalue weighted by Gasteiger charge is 2.48. The van der Waals surface area contributed by atoms with E-state index in [1.807, 2.05) is 0 Å². The molecule has 9 heteroatoms. The van der Waals surface area contributed by atoms with Crippen LogP contribution in [0.3, 0.4) is 0 Å². The lowest BCUT2D eigenvalue weighted by atomic mass is 10.00. The molecule has 3 atom stereocenters. The predicted molar refractivity (Wildman–Crippen MR) is 66.6 cm³/mol. The number of hydrogen-bond donors (Lipinski definition) is 4. The van der Waals surface area contributed by atoms with Crippen molar-refractivity contribution in [2.75, 3.05) is 13.3 Å². The van der Waals surface area contributed by atoms with Gasteiger partial charge in [-0.3, -0.25) is 0 Å². The van der Waals surface area contributed by atoms with Gasteiger partial charge in [0.1, 0.15) is 24.3 Å². The highest BCUT2D eigenvalue weighted by Crippen LogP contribution is 2.30. The topological polar surface area (TPSA) is 117 Å². The van der Waals surface area contributed by atoms with E-state index in [-0.39, 0.29) is 6.42 Å². The third-order valence-corrected chi connectivity index (χ3v) is 3.03. The van der Waals surface area contributed by atoms with Gasteiger partial charge in [-0.25, -0.2) is 13.6 Å². The van der Waals surface area contributed by atoms with E-state index in [1.54, 1.807) is 0 Å². The maximum absolute atomic E-state index is 13.4. The van der Waals surface area contributed by atoms with Crippen molar-refractivity contribution >= 4 is 11.9 Å². The molecule has 0 spiro atoms. The number of aliphatic hydroxyl groups is 2. The van der Waals surface area contributed by atoms with E-state index in [2.05, 4.69) is 10.3 Å². The second-order valence-electron chi connectivity index (χ2n) is 5.13. The van der Waals surface area contributed by atoms with Gasteiger partial charge in [-0.05, 0) is 13.8 Å². The molecule has 1 heterocycles. The first kappa shape index (κ1) is 16.7. The molecule has 0 unspecified atom stereocenters. The molecule has 20 heavy (non-hydrogen) atoms. The molecule has 0 bridgehead atoms. The van der Waals surface area contributed by atoms with Crippen molar-refractivity contribution in [3.05, 3.63) is 0 Å². The average molecular weight is 295 g/mol. The summed E-state index contributed by atoms with van der Waals surface area (Å²) in [6.45, 7) is 0.420. The van der Waals surface area contributed by atoms with Crippen LogP contribution in [0, 0.1) is 0 Å². The molecule has 2 amide bonds. The zero-order chi connectivity index (χ0) is 15.6. The monoisotopic (exact) mass is 295 g/mol. The summed E-state index contributed by atoms with van der Waals surface area (Å²) < 4.78 is 31.3. The predicted octanol–water partition coefficient (Wildman–Crippen LogP) is -0.391. The number of ether oxygens (including phenoxy) is 1. The summed E-state index contributed by atoms with van der Waals surface area (Å²) in [5.41, 5.74) is 1.57. The Morgan fingerprint density at radius 3 is 2.65 bits per heavy atom. The van der Waals surface area contributed by atoms with Crippen molar-refractivity contribution in [3.8, 4) is 0 Å². The first-order valence-corrected chi connectivity index (χ1v) is 6.01. The molecular formula is C11H19F2N3O4. The van der Waals surface area contributed by atoms with Crippen molar-refractivity contribution in [1.29, 1.82) is 0 Å². The van der Waals surface area contributed by atoms with Gasteiger partial charge in [-0.1, -0.05) is 0 Å². The molecule has 1 fully saturated rings. The standard InChI is InChI=1S/C11H19F2N3O4/c1-10(2,13)8(14)16-9(19)15-7-3-6(18)11(4-12,5-17)20-7/h6-7,17-18H,3-5H2,1-2H3,(H3,14,15,16,19)/t6-,7+,11+/m0/s1. The highest BCUT2D eigenvalue weighted by molar-refractivity contribution is 5.97. The number of rotatable bonds is 4. The molecule has 0 radical (unpaired) electrons. The SMILES string of the molecule is CC(C)(F)/C(N)=N\C(=O)N[C@H]1C[C@H](O)[C@](CO)(CF)O1. The van der Waals surface area contributed by atoms with E-state index in [0.29, 0.717) is 0 Å². The smallest absolute Gasteiger partial charge is 0.344 e. The Balaban J connectivity index is 2.66. The minimum atomic E-state index is -1.96. The molecule has 5 N–H and O–H groups in total. The number of aliphatic hydroxyl groups excluding tert-OH is 2. The quantitative estimate of drug-likeness (QED) is 0.416. The lowest BCUT2D eigenvalue weighted by Gasteiger charge is -2.26. The van der Waals surface area contributed by atoms with Crippen LogP contribution in [-0.4, -0.2) is 59.0 Å². The van der Waals surface area contributed by atoms with E-state index < -0.39 is 48.7 Å². The molecule has 0 aromatic carbocycles. The molecule has 116 valence electrons. The van der Waals surface area contributed by atoms with Crippen LogP contribution < -0.4 is 11.1 Å². The normalized spacial score (nSPS) is 31.4. The lowest BCUT2D eigenvalue weighted by Crippen LogP contribution is -2.46.